The highest BCUT2D eigenvalue weighted by molar-refractivity contribution is 7.86. The van der Waals surface area contributed by atoms with Gasteiger partial charge in [-0.3, -0.25) is 9.11 Å². The highest BCUT2D eigenvalue weighted by Gasteiger charge is 2.28. The molecular weight excluding hydrogens is 292 g/mol. The Kier molecular flexibility index (Phi) is 6.94. The van der Waals surface area contributed by atoms with Gasteiger partial charge in [-0.05, 0) is 38.5 Å². The topological polar surface area (TPSA) is 109 Å². The van der Waals surface area contributed by atoms with E-state index < -0.39 is 30.7 Å². The molecule has 116 valence electrons. The Balaban J connectivity index is 4.71. The van der Waals surface area contributed by atoms with Gasteiger partial charge in [0.15, 0.2) is 0 Å². The van der Waals surface area contributed by atoms with E-state index in [1.54, 1.807) is 0 Å². The maximum absolute atomic E-state index is 11.0. The SMILES string of the molecule is CCC(CC(C)S(=O)(=O)O)C(C)CC(C)S(=O)(=O)O. The fourth-order valence-electron chi connectivity index (χ4n) is 2.19. The molecule has 0 aliphatic carbocycles. The van der Waals surface area contributed by atoms with Gasteiger partial charge in [0.2, 0.25) is 0 Å². The second kappa shape index (κ2) is 7.01. The summed E-state index contributed by atoms with van der Waals surface area (Å²) in [4.78, 5) is 0. The van der Waals surface area contributed by atoms with Gasteiger partial charge in [0.05, 0.1) is 10.5 Å². The molecule has 19 heavy (non-hydrogen) atoms. The van der Waals surface area contributed by atoms with E-state index in [4.69, 9.17) is 9.11 Å². The van der Waals surface area contributed by atoms with Crippen LogP contribution in [-0.4, -0.2) is 36.4 Å². The van der Waals surface area contributed by atoms with E-state index in [0.29, 0.717) is 6.42 Å². The van der Waals surface area contributed by atoms with Crippen LogP contribution in [-0.2, 0) is 20.2 Å². The fraction of sp³-hybridized carbons (Fsp3) is 1.00. The van der Waals surface area contributed by atoms with Gasteiger partial charge >= 0.3 is 0 Å². The van der Waals surface area contributed by atoms with E-state index in [1.807, 2.05) is 13.8 Å². The van der Waals surface area contributed by atoms with Crippen molar-refractivity contribution < 1.29 is 25.9 Å². The Morgan fingerprint density at radius 3 is 1.53 bits per heavy atom. The Bertz CT molecular complexity index is 467. The van der Waals surface area contributed by atoms with Crippen molar-refractivity contribution in [1.82, 2.24) is 0 Å². The van der Waals surface area contributed by atoms with Crippen molar-refractivity contribution in [2.24, 2.45) is 11.8 Å². The lowest BCUT2D eigenvalue weighted by molar-refractivity contribution is 0.297. The lowest BCUT2D eigenvalue weighted by Gasteiger charge is -2.26. The first-order valence-corrected chi connectivity index (χ1v) is 9.32. The van der Waals surface area contributed by atoms with Crippen LogP contribution in [0.2, 0.25) is 0 Å². The lowest BCUT2D eigenvalue weighted by Crippen LogP contribution is -2.27. The molecule has 2 N–H and O–H groups in total. The highest BCUT2D eigenvalue weighted by atomic mass is 32.2. The average molecular weight is 316 g/mol. The number of rotatable bonds is 8. The molecule has 0 aromatic heterocycles. The van der Waals surface area contributed by atoms with Crippen LogP contribution in [0.15, 0.2) is 0 Å². The molecule has 0 aromatic carbocycles. The van der Waals surface area contributed by atoms with Gasteiger partial charge in [0, 0.05) is 0 Å². The van der Waals surface area contributed by atoms with Crippen LogP contribution in [0.3, 0.4) is 0 Å². The van der Waals surface area contributed by atoms with Crippen LogP contribution in [0.1, 0.15) is 47.0 Å². The van der Waals surface area contributed by atoms with Crippen molar-refractivity contribution in [2.45, 2.75) is 57.5 Å². The summed E-state index contributed by atoms with van der Waals surface area (Å²) in [5.41, 5.74) is 0. The second-order valence-electron chi connectivity index (χ2n) is 5.27. The Morgan fingerprint density at radius 1 is 0.842 bits per heavy atom. The molecule has 0 aliphatic rings. The quantitative estimate of drug-likeness (QED) is 0.663. The normalized spacial score (nSPS) is 19.7. The maximum atomic E-state index is 11.0. The standard InChI is InChI=1S/C11H24O6S2/c1-5-11(7-10(4)19(15,16)17)8(2)6-9(3)18(12,13)14/h8-11H,5-7H2,1-4H3,(H,12,13,14)(H,15,16,17). The van der Waals surface area contributed by atoms with Gasteiger partial charge in [0.1, 0.15) is 0 Å². The minimum Gasteiger partial charge on any atom is -0.285 e. The molecule has 4 unspecified atom stereocenters. The molecule has 0 saturated carbocycles. The van der Waals surface area contributed by atoms with Gasteiger partial charge in [-0.15, -0.1) is 0 Å². The van der Waals surface area contributed by atoms with Gasteiger partial charge < -0.3 is 0 Å². The van der Waals surface area contributed by atoms with Gasteiger partial charge in [-0.2, -0.15) is 16.8 Å². The van der Waals surface area contributed by atoms with Crippen molar-refractivity contribution in [2.75, 3.05) is 0 Å². The summed E-state index contributed by atoms with van der Waals surface area (Å²) in [6.45, 7) is 6.56. The van der Waals surface area contributed by atoms with Crippen molar-refractivity contribution in [3.63, 3.8) is 0 Å². The molecular formula is C11H24O6S2. The van der Waals surface area contributed by atoms with E-state index >= 15 is 0 Å². The summed E-state index contributed by atoms with van der Waals surface area (Å²) in [6.07, 6.45) is 1.21. The first-order chi connectivity index (χ1) is 8.39. The molecule has 0 saturated heterocycles. The largest absolute Gasteiger partial charge is 0.285 e. The summed E-state index contributed by atoms with van der Waals surface area (Å²) < 4.78 is 61.9. The Morgan fingerprint density at radius 2 is 1.21 bits per heavy atom. The van der Waals surface area contributed by atoms with Crippen LogP contribution in [0.5, 0.6) is 0 Å². The first kappa shape index (κ1) is 18.8. The predicted molar refractivity (Wildman–Crippen MR) is 74.2 cm³/mol. The van der Waals surface area contributed by atoms with Crippen LogP contribution in [0.4, 0.5) is 0 Å². The molecule has 0 bridgehead atoms. The molecule has 4 atom stereocenters. The molecule has 0 rings (SSSR count). The van der Waals surface area contributed by atoms with E-state index in [2.05, 4.69) is 0 Å². The summed E-state index contributed by atoms with van der Waals surface area (Å²) in [6, 6.07) is 0. The number of hydrogen-bond acceptors (Lipinski definition) is 4. The molecule has 0 amide bonds. The second-order valence-corrected chi connectivity index (χ2v) is 8.94. The smallest absolute Gasteiger partial charge is 0.267 e. The van der Waals surface area contributed by atoms with Gasteiger partial charge in [-0.1, -0.05) is 20.3 Å². The van der Waals surface area contributed by atoms with Crippen molar-refractivity contribution >= 4 is 20.2 Å². The molecule has 0 aliphatic heterocycles. The van der Waals surface area contributed by atoms with E-state index in [1.165, 1.54) is 13.8 Å². The van der Waals surface area contributed by atoms with E-state index in [0.717, 1.165) is 0 Å². The van der Waals surface area contributed by atoms with Gasteiger partial charge in [0.25, 0.3) is 20.2 Å². The molecule has 0 spiro atoms. The maximum Gasteiger partial charge on any atom is 0.267 e. The third kappa shape index (κ3) is 6.69. The summed E-state index contributed by atoms with van der Waals surface area (Å²) in [5.74, 6) is -0.0905. The van der Waals surface area contributed by atoms with Crippen LogP contribution in [0, 0.1) is 11.8 Å². The van der Waals surface area contributed by atoms with Crippen LogP contribution < -0.4 is 0 Å². The third-order valence-corrected chi connectivity index (χ3v) is 6.10. The Labute approximate surface area is 116 Å². The molecule has 0 aromatic rings. The van der Waals surface area contributed by atoms with Crippen molar-refractivity contribution in [3.05, 3.63) is 0 Å². The summed E-state index contributed by atoms with van der Waals surface area (Å²) in [7, 11) is -8.13. The van der Waals surface area contributed by atoms with Crippen LogP contribution >= 0.6 is 0 Å². The highest BCUT2D eigenvalue weighted by Crippen LogP contribution is 2.28. The molecule has 0 radical (unpaired) electrons. The fourth-order valence-corrected chi connectivity index (χ4v) is 3.22. The van der Waals surface area contributed by atoms with E-state index in [9.17, 15) is 16.8 Å². The zero-order valence-corrected chi connectivity index (χ0v) is 13.4. The minimum absolute atomic E-state index is 0.0267. The first-order valence-electron chi connectivity index (χ1n) is 6.32. The van der Waals surface area contributed by atoms with Crippen molar-refractivity contribution in [1.29, 1.82) is 0 Å². The number of hydrogen-bond donors (Lipinski definition) is 2. The molecule has 0 heterocycles. The molecule has 0 fully saturated rings. The monoisotopic (exact) mass is 316 g/mol. The van der Waals surface area contributed by atoms with Gasteiger partial charge in [-0.25, -0.2) is 0 Å². The summed E-state index contributed by atoms with van der Waals surface area (Å²) >= 11 is 0. The average Bonchev–Trinajstić information content (AvgIpc) is 2.22. The molecule has 6 nitrogen and oxygen atoms in total. The lowest BCUT2D eigenvalue weighted by atomic mass is 9.85. The summed E-state index contributed by atoms with van der Waals surface area (Å²) in [5, 5.41) is -1.75. The predicted octanol–water partition coefficient (Wildman–Crippen LogP) is 1.98. The van der Waals surface area contributed by atoms with Crippen LogP contribution in [0.25, 0.3) is 0 Å². The Hall–Kier alpha value is -0.180. The molecule has 8 heteroatoms. The van der Waals surface area contributed by atoms with Crippen molar-refractivity contribution in [3.8, 4) is 0 Å². The minimum atomic E-state index is -4.07. The third-order valence-electron chi connectivity index (χ3n) is 3.68. The zero-order valence-electron chi connectivity index (χ0n) is 11.8. The zero-order chi connectivity index (χ0) is 15.4. The van der Waals surface area contributed by atoms with E-state index in [-0.39, 0.29) is 24.7 Å².